The van der Waals surface area contributed by atoms with Gasteiger partial charge in [-0.2, -0.15) is 0 Å². The first-order valence-electron chi connectivity index (χ1n) is 20.5. The molecule has 0 aromatic carbocycles. The van der Waals surface area contributed by atoms with E-state index >= 15 is 4.79 Å². The largest absolute Gasteiger partial charge is 0.483 e. The van der Waals surface area contributed by atoms with Gasteiger partial charge in [0.15, 0.2) is 23.0 Å². The number of carbonyl (C=O) groups excluding carboxylic acids is 3. The average Bonchev–Trinajstić information content (AvgIpc) is 3.27. The minimum absolute atomic E-state index is 0.0975. The molecule has 5 spiro atoms. The second-order valence-electron chi connectivity index (χ2n) is 21.3. The molecule has 12 nitrogen and oxygen atoms in total. The maximum Gasteiger partial charge on any atom is 0.208 e. The lowest BCUT2D eigenvalue weighted by atomic mass is 9.32. The molecule has 298 valence electrons. The lowest BCUT2D eigenvalue weighted by molar-refractivity contribution is -0.460. The molecule has 7 saturated carbocycles. The summed E-state index contributed by atoms with van der Waals surface area (Å²) in [6.45, 7) is 17.7. The highest BCUT2D eigenvalue weighted by atomic mass is 16.7. The highest BCUT2D eigenvalue weighted by molar-refractivity contribution is 6.07. The van der Waals surface area contributed by atoms with Gasteiger partial charge in [-0.15, -0.1) is 0 Å². The molecule has 0 aromatic heterocycles. The highest BCUT2D eigenvalue weighted by Gasteiger charge is 2.92. The van der Waals surface area contributed by atoms with Gasteiger partial charge in [-0.3, -0.25) is 14.4 Å². The number of ketones is 3. The van der Waals surface area contributed by atoms with E-state index in [1.807, 2.05) is 27.7 Å². The number of Topliss-reactive ketones (excluding diaryl/α,β-unsaturated/α-hetero) is 3. The SMILES string of the molecule is C=C1C(=O)[C@]23[C@H](O)[C@H]1CC[C@H]2[C@@]12CO[C@]3(O)[C@@H](O)[C@@H]1C(C)(C)CC1=C2O[C@]2(CC1)CC(C)(C)[C@H]1[C@H](O)[C@@]3(O)O[C@@H](C)[C@]1(C2=O)[C@@H]1CC[C@H]2C(=C)C(=O)[C@]13[C@@H]2O. The highest BCUT2D eigenvalue weighted by Crippen LogP contribution is 2.81. The molecule has 0 aromatic rings. The van der Waals surface area contributed by atoms with Crippen LogP contribution in [0.15, 0.2) is 35.6 Å². The molecule has 13 rings (SSSR count). The third-order valence-electron chi connectivity index (χ3n) is 18.8. The van der Waals surface area contributed by atoms with Crippen molar-refractivity contribution in [3.05, 3.63) is 35.6 Å². The Morgan fingerprint density at radius 3 is 1.91 bits per heavy atom. The second kappa shape index (κ2) is 9.60. The Morgan fingerprint density at radius 2 is 1.29 bits per heavy atom. The number of allylic oxidation sites excluding steroid dienone is 1. The summed E-state index contributed by atoms with van der Waals surface area (Å²) in [6.07, 6.45) is -4.03. The number of fused-ring (bicyclic) bond motifs is 4. The second-order valence-corrected chi connectivity index (χ2v) is 21.3. The van der Waals surface area contributed by atoms with E-state index in [4.69, 9.17) is 14.2 Å². The molecule has 8 bridgehead atoms. The zero-order chi connectivity index (χ0) is 39.4. The van der Waals surface area contributed by atoms with E-state index in [1.54, 1.807) is 6.92 Å². The van der Waals surface area contributed by atoms with Crippen molar-refractivity contribution in [2.75, 3.05) is 6.61 Å². The minimum atomic E-state index is -2.45. The zero-order valence-electron chi connectivity index (χ0n) is 32.3. The van der Waals surface area contributed by atoms with E-state index in [-0.39, 0.29) is 36.4 Å². The molecule has 0 amide bonds. The van der Waals surface area contributed by atoms with Crippen LogP contribution >= 0.6 is 0 Å². The fourth-order valence-corrected chi connectivity index (χ4v) is 17.5. The Balaban J connectivity index is 1.12. The summed E-state index contributed by atoms with van der Waals surface area (Å²) < 4.78 is 20.2. The number of aliphatic hydroxyl groups excluding tert-OH is 4. The predicted octanol–water partition coefficient (Wildman–Crippen LogP) is 2.02. The van der Waals surface area contributed by atoms with Crippen LogP contribution in [0, 0.1) is 68.0 Å². The molecule has 0 radical (unpaired) electrons. The van der Waals surface area contributed by atoms with Gasteiger partial charge in [0.25, 0.3) is 0 Å². The normalized spacial score (nSPS) is 60.0. The molecule has 8 aliphatic carbocycles. The van der Waals surface area contributed by atoms with Crippen LogP contribution in [0.4, 0.5) is 0 Å². The van der Waals surface area contributed by atoms with Crippen molar-refractivity contribution in [1.82, 2.24) is 0 Å². The Hall–Kier alpha value is -2.29. The van der Waals surface area contributed by atoms with Crippen molar-refractivity contribution in [1.29, 1.82) is 0 Å². The van der Waals surface area contributed by atoms with Gasteiger partial charge in [-0.05, 0) is 97.7 Å². The van der Waals surface area contributed by atoms with Crippen LogP contribution in [0.1, 0.15) is 86.0 Å². The Morgan fingerprint density at radius 1 is 0.727 bits per heavy atom. The third kappa shape index (κ3) is 3.08. The minimum Gasteiger partial charge on any atom is -0.483 e. The molecule has 12 heteroatoms. The Kier molecular flexibility index (Phi) is 6.25. The van der Waals surface area contributed by atoms with Crippen LogP contribution in [0.25, 0.3) is 0 Å². The van der Waals surface area contributed by atoms with Crippen LogP contribution in [0.5, 0.6) is 0 Å². The summed E-state index contributed by atoms with van der Waals surface area (Å²) >= 11 is 0. The smallest absolute Gasteiger partial charge is 0.208 e. The molecule has 13 aliphatic rings. The van der Waals surface area contributed by atoms with Gasteiger partial charge in [-0.25, -0.2) is 0 Å². The lowest BCUT2D eigenvalue weighted by Crippen LogP contribution is -2.89. The molecular formula is C43H54O12. The van der Waals surface area contributed by atoms with Gasteiger partial charge in [0, 0.05) is 23.7 Å². The van der Waals surface area contributed by atoms with Crippen LogP contribution in [-0.4, -0.2) is 102 Å². The van der Waals surface area contributed by atoms with Crippen LogP contribution in [0.2, 0.25) is 0 Å². The summed E-state index contributed by atoms with van der Waals surface area (Å²) in [5, 5.41) is 73.9. The lowest BCUT2D eigenvalue weighted by Gasteiger charge is -2.77. The summed E-state index contributed by atoms with van der Waals surface area (Å²) in [4.78, 5) is 45.2. The molecule has 5 heterocycles. The Bertz CT molecular complexity index is 2000. The zero-order valence-corrected chi connectivity index (χ0v) is 32.3. The first-order valence-corrected chi connectivity index (χ1v) is 20.5. The summed E-state index contributed by atoms with van der Waals surface area (Å²) in [5.74, 6) is -10.1. The molecule has 11 fully saturated rings. The first kappa shape index (κ1) is 35.8. The number of hydrogen-bond acceptors (Lipinski definition) is 12. The van der Waals surface area contributed by atoms with Crippen molar-refractivity contribution in [2.24, 2.45) is 68.0 Å². The van der Waals surface area contributed by atoms with E-state index in [0.29, 0.717) is 44.3 Å². The van der Waals surface area contributed by atoms with Gasteiger partial charge in [0.05, 0.1) is 35.7 Å². The van der Waals surface area contributed by atoms with Crippen LogP contribution in [0.3, 0.4) is 0 Å². The quantitative estimate of drug-likeness (QED) is 0.197. The summed E-state index contributed by atoms with van der Waals surface area (Å²) in [6, 6.07) is 0. The predicted molar refractivity (Wildman–Crippen MR) is 190 cm³/mol. The van der Waals surface area contributed by atoms with E-state index in [0.717, 1.165) is 5.57 Å². The summed E-state index contributed by atoms with van der Waals surface area (Å²) in [5.41, 5.74) is -8.36. The topological polar surface area (TPSA) is 200 Å². The van der Waals surface area contributed by atoms with Gasteiger partial charge in [0.2, 0.25) is 11.6 Å². The van der Waals surface area contributed by atoms with Crippen molar-refractivity contribution < 1.29 is 59.2 Å². The van der Waals surface area contributed by atoms with E-state index in [9.17, 15) is 40.2 Å². The fourth-order valence-electron chi connectivity index (χ4n) is 17.5. The summed E-state index contributed by atoms with van der Waals surface area (Å²) in [7, 11) is 0. The molecule has 5 aliphatic heterocycles. The maximum absolute atomic E-state index is 16.3. The van der Waals surface area contributed by atoms with E-state index in [1.165, 1.54) is 0 Å². The van der Waals surface area contributed by atoms with Crippen molar-refractivity contribution in [3.63, 3.8) is 0 Å². The number of ether oxygens (including phenoxy) is 3. The maximum atomic E-state index is 16.3. The molecule has 55 heavy (non-hydrogen) atoms. The average molecular weight is 763 g/mol. The number of rotatable bonds is 0. The standard InChI is InChI=1S/C43H54O12/c1-17-21-8-10-23-38-16-53-42(51,40(23,27(17)44)29(21)46)31(48)25(38)35(4,5)14-20-12-13-37(55-33(20)38)15-36(6,7)26-32(49)43(52)41-24(39(26,34(37)50)19(3)54-43)11-9-22(30(41)47)18(2)28(41)45/h19,21-26,29-32,46-49,51-52H,1-2,8-16H2,3-7H3/t19-,21-,22-,23-,24-,25+,26+,29+,30+,31-,32-,37+,38-,39-,40-,41-,42+,43+/m0/s1. The van der Waals surface area contributed by atoms with Crippen molar-refractivity contribution in [3.8, 4) is 0 Å². The monoisotopic (exact) mass is 762 g/mol. The van der Waals surface area contributed by atoms with Crippen molar-refractivity contribution >= 4 is 17.3 Å². The van der Waals surface area contributed by atoms with Crippen LogP contribution in [-0.2, 0) is 28.6 Å². The Labute approximate surface area is 320 Å². The van der Waals surface area contributed by atoms with Gasteiger partial charge < -0.3 is 44.8 Å². The fraction of sp³-hybridized carbons (Fsp3) is 0.791. The molecule has 4 saturated heterocycles. The van der Waals surface area contributed by atoms with Crippen molar-refractivity contribution in [2.45, 2.75) is 134 Å². The van der Waals surface area contributed by atoms with Gasteiger partial charge in [-0.1, -0.05) is 40.9 Å². The third-order valence-corrected chi connectivity index (χ3v) is 18.8. The number of aliphatic hydroxyl groups is 6. The van der Waals surface area contributed by atoms with Gasteiger partial charge >= 0.3 is 0 Å². The molecular weight excluding hydrogens is 708 g/mol. The van der Waals surface area contributed by atoms with Crippen LogP contribution < -0.4 is 0 Å². The number of carbonyl (C=O) groups is 3. The molecule has 18 atom stereocenters. The number of hydrogen-bond donors (Lipinski definition) is 6. The van der Waals surface area contributed by atoms with E-state index < -0.39 is 127 Å². The van der Waals surface area contributed by atoms with Gasteiger partial charge in [0.1, 0.15) is 28.8 Å². The van der Waals surface area contributed by atoms with E-state index in [2.05, 4.69) is 13.2 Å². The first-order chi connectivity index (χ1) is 25.6. The molecule has 6 N–H and O–H groups in total. The molecule has 0 unspecified atom stereocenters.